The molecule has 1 unspecified atom stereocenters. The third-order valence-corrected chi connectivity index (χ3v) is 5.37. The normalized spacial score (nSPS) is 14.1. The standard InChI is InChI=1S/C24H24FN3O2/c1-16-12-21(30-15-23-26-10-11-27(23)3)14-24(29)28(16)17(2)20-9-8-19(22(25)13-20)7-6-18-4-5-18/h8-14,17-18H,4-5,15H2,1-3H3. The quantitative estimate of drug-likeness (QED) is 0.604. The first-order valence-corrected chi connectivity index (χ1v) is 10.1. The third kappa shape index (κ3) is 4.30. The summed E-state index contributed by atoms with van der Waals surface area (Å²) in [6.45, 7) is 4.00. The van der Waals surface area contributed by atoms with Crippen LogP contribution in [0.2, 0.25) is 0 Å². The van der Waals surface area contributed by atoms with Crippen LogP contribution in [0.25, 0.3) is 0 Å². The average molecular weight is 405 g/mol. The maximum Gasteiger partial charge on any atom is 0.254 e. The molecule has 3 aromatic rings. The first-order valence-electron chi connectivity index (χ1n) is 10.1. The Hall–Kier alpha value is -3.33. The topological polar surface area (TPSA) is 49.1 Å². The highest BCUT2D eigenvalue weighted by molar-refractivity contribution is 5.39. The van der Waals surface area contributed by atoms with Crippen LogP contribution in [0.3, 0.4) is 0 Å². The summed E-state index contributed by atoms with van der Waals surface area (Å²) in [6, 6.07) is 7.95. The van der Waals surface area contributed by atoms with Crippen LogP contribution in [0.4, 0.5) is 4.39 Å². The zero-order valence-corrected chi connectivity index (χ0v) is 17.4. The molecule has 30 heavy (non-hydrogen) atoms. The van der Waals surface area contributed by atoms with E-state index < -0.39 is 0 Å². The minimum atomic E-state index is -0.353. The van der Waals surface area contributed by atoms with Gasteiger partial charge in [0.1, 0.15) is 24.0 Å². The zero-order valence-electron chi connectivity index (χ0n) is 17.4. The Morgan fingerprint density at radius 1 is 1.30 bits per heavy atom. The Morgan fingerprint density at radius 3 is 2.73 bits per heavy atom. The number of aryl methyl sites for hydroxylation is 2. The van der Waals surface area contributed by atoms with Gasteiger partial charge in [0.2, 0.25) is 0 Å². The van der Waals surface area contributed by atoms with Gasteiger partial charge in [-0.1, -0.05) is 17.9 Å². The summed E-state index contributed by atoms with van der Waals surface area (Å²) in [5, 5.41) is 0. The molecule has 5 nitrogen and oxygen atoms in total. The van der Waals surface area contributed by atoms with Gasteiger partial charge in [-0.25, -0.2) is 9.37 Å². The Bertz CT molecular complexity index is 1200. The highest BCUT2D eigenvalue weighted by Crippen LogP contribution is 2.28. The van der Waals surface area contributed by atoms with E-state index in [2.05, 4.69) is 16.8 Å². The van der Waals surface area contributed by atoms with Crippen molar-refractivity contribution in [2.24, 2.45) is 13.0 Å². The molecule has 0 radical (unpaired) electrons. The molecule has 0 amide bonds. The van der Waals surface area contributed by atoms with Gasteiger partial charge in [-0.05, 0) is 50.5 Å². The highest BCUT2D eigenvalue weighted by atomic mass is 19.1. The molecule has 1 aliphatic rings. The molecular formula is C24H24FN3O2. The van der Waals surface area contributed by atoms with E-state index in [1.807, 2.05) is 43.8 Å². The lowest BCUT2D eigenvalue weighted by atomic mass is 10.0. The number of benzene rings is 1. The van der Waals surface area contributed by atoms with Crippen molar-refractivity contribution in [3.05, 3.63) is 81.5 Å². The van der Waals surface area contributed by atoms with Crippen molar-refractivity contribution in [2.75, 3.05) is 0 Å². The molecule has 0 N–H and O–H groups in total. The average Bonchev–Trinajstić information content (AvgIpc) is 3.45. The maximum absolute atomic E-state index is 14.5. The monoisotopic (exact) mass is 405 g/mol. The molecule has 1 fully saturated rings. The second kappa shape index (κ2) is 8.19. The van der Waals surface area contributed by atoms with Gasteiger partial charge in [-0.2, -0.15) is 0 Å². The first kappa shape index (κ1) is 20.0. The van der Waals surface area contributed by atoms with E-state index in [0.717, 1.165) is 29.9 Å². The summed E-state index contributed by atoms with van der Waals surface area (Å²) in [4.78, 5) is 17.0. The fraction of sp³-hybridized carbons (Fsp3) is 0.333. The van der Waals surface area contributed by atoms with E-state index in [0.29, 0.717) is 17.2 Å². The third-order valence-electron chi connectivity index (χ3n) is 5.37. The number of rotatable bonds is 5. The van der Waals surface area contributed by atoms with Gasteiger partial charge < -0.3 is 13.9 Å². The summed E-state index contributed by atoms with van der Waals surface area (Å²) in [6.07, 6.45) is 5.75. The molecule has 0 bridgehead atoms. The van der Waals surface area contributed by atoms with E-state index in [-0.39, 0.29) is 24.0 Å². The van der Waals surface area contributed by atoms with Crippen LogP contribution in [-0.2, 0) is 13.7 Å². The molecule has 1 aliphatic carbocycles. The number of imidazole rings is 1. The van der Waals surface area contributed by atoms with Gasteiger partial charge in [0.05, 0.1) is 11.6 Å². The number of pyridine rings is 1. The van der Waals surface area contributed by atoms with Crippen molar-refractivity contribution >= 4 is 0 Å². The zero-order chi connectivity index (χ0) is 21.3. The lowest BCUT2D eigenvalue weighted by Crippen LogP contribution is -2.25. The van der Waals surface area contributed by atoms with E-state index >= 15 is 0 Å². The highest BCUT2D eigenvalue weighted by Gasteiger charge is 2.18. The lowest BCUT2D eigenvalue weighted by molar-refractivity contribution is 0.290. The van der Waals surface area contributed by atoms with E-state index in [9.17, 15) is 9.18 Å². The van der Waals surface area contributed by atoms with Gasteiger partial charge in [0.15, 0.2) is 0 Å². The smallest absolute Gasteiger partial charge is 0.254 e. The van der Waals surface area contributed by atoms with Crippen molar-refractivity contribution in [1.82, 2.24) is 14.1 Å². The summed E-state index contributed by atoms with van der Waals surface area (Å²) in [5.41, 5.74) is 1.66. The van der Waals surface area contributed by atoms with Crippen molar-refractivity contribution in [1.29, 1.82) is 0 Å². The van der Waals surface area contributed by atoms with Gasteiger partial charge in [0, 0.05) is 37.1 Å². The van der Waals surface area contributed by atoms with E-state index in [1.165, 1.54) is 12.1 Å². The Balaban J connectivity index is 1.54. The second-order valence-corrected chi connectivity index (χ2v) is 7.74. The van der Waals surface area contributed by atoms with Crippen LogP contribution in [0.1, 0.15) is 48.5 Å². The summed E-state index contributed by atoms with van der Waals surface area (Å²) in [5.74, 6) is 7.32. The van der Waals surface area contributed by atoms with Crippen molar-refractivity contribution in [2.45, 2.75) is 39.3 Å². The molecule has 6 heteroatoms. The number of halogens is 1. The predicted octanol–water partition coefficient (Wildman–Crippen LogP) is 3.98. The van der Waals surface area contributed by atoms with Crippen molar-refractivity contribution in [3.63, 3.8) is 0 Å². The number of hydrogen-bond acceptors (Lipinski definition) is 3. The van der Waals surface area contributed by atoms with Gasteiger partial charge >= 0.3 is 0 Å². The molecule has 154 valence electrons. The van der Waals surface area contributed by atoms with Gasteiger partial charge in [-0.15, -0.1) is 0 Å². The van der Waals surface area contributed by atoms with Crippen LogP contribution >= 0.6 is 0 Å². The molecule has 2 aromatic heterocycles. The minimum Gasteiger partial charge on any atom is -0.485 e. The molecule has 4 rings (SSSR count). The Morgan fingerprint density at radius 2 is 2.10 bits per heavy atom. The maximum atomic E-state index is 14.5. The van der Waals surface area contributed by atoms with Crippen LogP contribution in [0.15, 0.2) is 47.5 Å². The SMILES string of the molecule is Cc1cc(OCc2nccn2C)cc(=O)n1C(C)c1ccc(C#CC2CC2)c(F)c1. The summed E-state index contributed by atoms with van der Waals surface area (Å²) < 4.78 is 23.8. The predicted molar refractivity (Wildman–Crippen MR) is 113 cm³/mol. The van der Waals surface area contributed by atoms with Crippen LogP contribution in [-0.4, -0.2) is 14.1 Å². The van der Waals surface area contributed by atoms with Crippen molar-refractivity contribution in [3.8, 4) is 17.6 Å². The fourth-order valence-electron chi connectivity index (χ4n) is 3.39. The molecule has 2 heterocycles. The lowest BCUT2D eigenvalue weighted by Gasteiger charge is -2.20. The minimum absolute atomic E-state index is 0.199. The summed E-state index contributed by atoms with van der Waals surface area (Å²) in [7, 11) is 1.89. The van der Waals surface area contributed by atoms with E-state index in [1.54, 1.807) is 16.8 Å². The largest absolute Gasteiger partial charge is 0.485 e. The van der Waals surface area contributed by atoms with Crippen LogP contribution in [0.5, 0.6) is 5.75 Å². The van der Waals surface area contributed by atoms with Gasteiger partial charge in [0.25, 0.3) is 5.56 Å². The van der Waals surface area contributed by atoms with Crippen LogP contribution < -0.4 is 10.3 Å². The molecule has 0 aliphatic heterocycles. The molecular weight excluding hydrogens is 381 g/mol. The molecule has 1 atom stereocenters. The molecule has 1 saturated carbocycles. The number of aromatic nitrogens is 3. The molecule has 1 aromatic carbocycles. The summed E-state index contributed by atoms with van der Waals surface area (Å²) >= 11 is 0. The Kier molecular flexibility index (Phi) is 5.45. The van der Waals surface area contributed by atoms with Gasteiger partial charge in [-0.3, -0.25) is 4.79 Å². The molecule has 0 spiro atoms. The first-order chi connectivity index (χ1) is 14.4. The Labute approximate surface area is 175 Å². The fourth-order valence-corrected chi connectivity index (χ4v) is 3.39. The van der Waals surface area contributed by atoms with Crippen molar-refractivity contribution < 1.29 is 9.13 Å². The van der Waals surface area contributed by atoms with E-state index in [4.69, 9.17) is 4.74 Å². The molecule has 0 saturated heterocycles. The van der Waals surface area contributed by atoms with Crippen LogP contribution in [0, 0.1) is 30.5 Å². The number of hydrogen-bond donors (Lipinski definition) is 0. The number of ether oxygens (including phenoxy) is 1. The second-order valence-electron chi connectivity index (χ2n) is 7.74. The number of nitrogens with zero attached hydrogens (tertiary/aromatic N) is 3.